The second kappa shape index (κ2) is 4.55. The molecule has 0 amide bonds. The molecule has 1 aromatic rings. The first-order valence-electron chi connectivity index (χ1n) is 6.26. The number of hydrogen-bond donors (Lipinski definition) is 1. The number of nitro groups is 1. The molecule has 5 nitrogen and oxygen atoms in total. The highest BCUT2D eigenvalue weighted by molar-refractivity contribution is 5.45. The third kappa shape index (κ3) is 2.78. The second-order valence-electron chi connectivity index (χ2n) is 5.81. The van der Waals surface area contributed by atoms with Gasteiger partial charge in [-0.05, 0) is 37.7 Å². The van der Waals surface area contributed by atoms with Crippen LogP contribution in [0.15, 0.2) is 12.1 Å². The maximum absolute atomic E-state index is 10.7. The summed E-state index contributed by atoms with van der Waals surface area (Å²) in [4.78, 5) is 14.6. The van der Waals surface area contributed by atoms with E-state index in [1.807, 2.05) is 0 Å². The van der Waals surface area contributed by atoms with Gasteiger partial charge in [0.2, 0.25) is 0 Å². The lowest BCUT2D eigenvalue weighted by Crippen LogP contribution is -2.18. The van der Waals surface area contributed by atoms with E-state index in [4.69, 9.17) is 0 Å². The lowest BCUT2D eigenvalue weighted by molar-refractivity contribution is -0.385. The summed E-state index contributed by atoms with van der Waals surface area (Å²) in [6.45, 7) is 6.20. The summed E-state index contributed by atoms with van der Waals surface area (Å²) in [6.07, 6.45) is 3.45. The maximum Gasteiger partial charge on any atom is 0.290 e. The first kappa shape index (κ1) is 12.8. The van der Waals surface area contributed by atoms with Crippen LogP contribution in [0.25, 0.3) is 0 Å². The fraction of sp³-hybridized carbons (Fsp3) is 0.615. The maximum atomic E-state index is 10.7. The predicted molar refractivity (Wildman–Crippen MR) is 70.7 cm³/mol. The minimum atomic E-state index is -0.398. The van der Waals surface area contributed by atoms with Crippen molar-refractivity contribution in [3.8, 4) is 0 Å². The second-order valence-corrected chi connectivity index (χ2v) is 5.81. The van der Waals surface area contributed by atoms with E-state index in [9.17, 15) is 10.1 Å². The van der Waals surface area contributed by atoms with Gasteiger partial charge in [0, 0.05) is 12.1 Å². The van der Waals surface area contributed by atoms with E-state index in [0.29, 0.717) is 17.2 Å². The van der Waals surface area contributed by atoms with Crippen LogP contribution in [-0.2, 0) is 0 Å². The van der Waals surface area contributed by atoms with Crippen LogP contribution >= 0.6 is 0 Å². The van der Waals surface area contributed by atoms with E-state index in [1.165, 1.54) is 12.5 Å². The van der Waals surface area contributed by atoms with E-state index in [2.05, 4.69) is 24.1 Å². The SMILES string of the molecule is Cc1nc(NC2CCC(C)(C)C2)ccc1[N+](=O)[O-]. The molecule has 1 N–H and O–H groups in total. The number of nitrogens with one attached hydrogen (secondary N) is 1. The normalized spacial score (nSPS) is 21.8. The Hall–Kier alpha value is -1.65. The van der Waals surface area contributed by atoms with Gasteiger partial charge < -0.3 is 5.32 Å². The molecule has 0 aliphatic heterocycles. The molecule has 1 fully saturated rings. The molecule has 1 saturated carbocycles. The Morgan fingerprint density at radius 2 is 2.22 bits per heavy atom. The van der Waals surface area contributed by atoms with Crippen molar-refractivity contribution >= 4 is 11.5 Å². The molecule has 0 saturated heterocycles. The molecule has 98 valence electrons. The predicted octanol–water partition coefficient (Wildman–Crippen LogP) is 3.29. The Morgan fingerprint density at radius 1 is 1.50 bits per heavy atom. The quantitative estimate of drug-likeness (QED) is 0.659. The van der Waals surface area contributed by atoms with Crippen molar-refractivity contribution in [2.45, 2.75) is 46.1 Å². The average Bonchev–Trinajstić information content (AvgIpc) is 2.57. The van der Waals surface area contributed by atoms with Crippen molar-refractivity contribution < 1.29 is 4.92 Å². The summed E-state index contributed by atoms with van der Waals surface area (Å²) >= 11 is 0. The number of pyridine rings is 1. The Kier molecular flexibility index (Phi) is 3.24. The third-order valence-corrected chi connectivity index (χ3v) is 3.58. The third-order valence-electron chi connectivity index (χ3n) is 3.58. The van der Waals surface area contributed by atoms with Gasteiger partial charge in [-0.1, -0.05) is 13.8 Å². The highest BCUT2D eigenvalue weighted by atomic mass is 16.6. The number of nitrogens with zero attached hydrogens (tertiary/aromatic N) is 2. The van der Waals surface area contributed by atoms with Gasteiger partial charge in [0.25, 0.3) is 5.69 Å². The van der Waals surface area contributed by atoms with Gasteiger partial charge in [0.05, 0.1) is 4.92 Å². The fourth-order valence-corrected chi connectivity index (χ4v) is 2.60. The van der Waals surface area contributed by atoms with Gasteiger partial charge in [-0.25, -0.2) is 4.98 Å². The molecule has 1 aliphatic rings. The van der Waals surface area contributed by atoms with Crippen LogP contribution in [0.3, 0.4) is 0 Å². The van der Waals surface area contributed by atoms with Crippen LogP contribution in [0.1, 0.15) is 38.8 Å². The number of rotatable bonds is 3. The lowest BCUT2D eigenvalue weighted by Gasteiger charge is -2.18. The molecule has 0 bridgehead atoms. The minimum absolute atomic E-state index is 0.0762. The molecule has 1 unspecified atom stereocenters. The zero-order chi connectivity index (χ0) is 13.3. The van der Waals surface area contributed by atoms with E-state index in [0.717, 1.165) is 18.7 Å². The van der Waals surface area contributed by atoms with Gasteiger partial charge in [-0.3, -0.25) is 10.1 Å². The largest absolute Gasteiger partial charge is 0.367 e. The summed E-state index contributed by atoms with van der Waals surface area (Å²) in [5.74, 6) is 0.737. The molecule has 0 radical (unpaired) electrons. The molecule has 18 heavy (non-hydrogen) atoms. The minimum Gasteiger partial charge on any atom is -0.367 e. The van der Waals surface area contributed by atoms with E-state index in [-0.39, 0.29) is 5.69 Å². The first-order valence-corrected chi connectivity index (χ1v) is 6.26. The number of aryl methyl sites for hydroxylation is 1. The summed E-state index contributed by atoms with van der Waals surface area (Å²) in [5, 5.41) is 14.1. The molecule has 1 aromatic heterocycles. The molecular weight excluding hydrogens is 230 g/mol. The highest BCUT2D eigenvalue weighted by Crippen LogP contribution is 2.38. The van der Waals surface area contributed by atoms with Gasteiger partial charge in [-0.15, -0.1) is 0 Å². The average molecular weight is 249 g/mol. The Labute approximate surface area is 107 Å². The van der Waals surface area contributed by atoms with Crippen LogP contribution < -0.4 is 5.32 Å². The van der Waals surface area contributed by atoms with Gasteiger partial charge in [0.1, 0.15) is 11.5 Å². The highest BCUT2D eigenvalue weighted by Gasteiger charge is 2.31. The van der Waals surface area contributed by atoms with Crippen molar-refractivity contribution in [1.82, 2.24) is 4.98 Å². The topological polar surface area (TPSA) is 68.1 Å². The van der Waals surface area contributed by atoms with Crippen LogP contribution in [0.4, 0.5) is 11.5 Å². The van der Waals surface area contributed by atoms with Crippen LogP contribution in [0.5, 0.6) is 0 Å². The summed E-state index contributed by atoms with van der Waals surface area (Å²) in [6, 6.07) is 3.63. The van der Waals surface area contributed by atoms with Crippen molar-refractivity contribution in [2.24, 2.45) is 5.41 Å². The van der Waals surface area contributed by atoms with E-state index < -0.39 is 4.92 Å². The molecule has 2 rings (SSSR count). The molecular formula is C13H19N3O2. The van der Waals surface area contributed by atoms with E-state index in [1.54, 1.807) is 13.0 Å². The van der Waals surface area contributed by atoms with Gasteiger partial charge >= 0.3 is 0 Å². The fourth-order valence-electron chi connectivity index (χ4n) is 2.60. The van der Waals surface area contributed by atoms with Crippen LogP contribution in [0, 0.1) is 22.5 Å². The van der Waals surface area contributed by atoms with Crippen molar-refractivity contribution in [3.05, 3.63) is 27.9 Å². The smallest absolute Gasteiger partial charge is 0.290 e. The lowest BCUT2D eigenvalue weighted by atomic mass is 9.92. The molecule has 1 atom stereocenters. The Balaban J connectivity index is 2.07. The monoisotopic (exact) mass is 249 g/mol. The summed E-state index contributed by atoms with van der Waals surface area (Å²) in [5.41, 5.74) is 0.919. The summed E-state index contributed by atoms with van der Waals surface area (Å²) < 4.78 is 0. The van der Waals surface area contributed by atoms with E-state index >= 15 is 0 Å². The zero-order valence-corrected chi connectivity index (χ0v) is 11.1. The molecule has 0 aromatic carbocycles. The molecule has 1 heterocycles. The molecule has 0 spiro atoms. The standard InChI is InChI=1S/C13H19N3O2/c1-9-11(16(17)18)4-5-12(14-9)15-10-6-7-13(2,3)8-10/h4-5,10H,6-8H2,1-3H3,(H,14,15). The van der Waals surface area contributed by atoms with Crippen molar-refractivity contribution in [2.75, 3.05) is 5.32 Å². The molecule has 5 heteroatoms. The van der Waals surface area contributed by atoms with Gasteiger partial charge in [0.15, 0.2) is 0 Å². The first-order chi connectivity index (χ1) is 8.37. The Morgan fingerprint density at radius 3 is 2.72 bits per heavy atom. The summed E-state index contributed by atoms with van der Waals surface area (Å²) in [7, 11) is 0. The van der Waals surface area contributed by atoms with Crippen LogP contribution in [-0.4, -0.2) is 15.9 Å². The van der Waals surface area contributed by atoms with Crippen molar-refractivity contribution in [1.29, 1.82) is 0 Å². The number of aromatic nitrogens is 1. The molecule has 1 aliphatic carbocycles. The van der Waals surface area contributed by atoms with Crippen molar-refractivity contribution in [3.63, 3.8) is 0 Å². The zero-order valence-electron chi connectivity index (χ0n) is 11.1. The number of anilines is 1. The van der Waals surface area contributed by atoms with Crippen LogP contribution in [0.2, 0.25) is 0 Å². The number of hydrogen-bond acceptors (Lipinski definition) is 4. The Bertz CT molecular complexity index is 471. The van der Waals surface area contributed by atoms with Gasteiger partial charge in [-0.2, -0.15) is 0 Å².